The molecule has 1 aromatic carbocycles. The zero-order chi connectivity index (χ0) is 12.1. The van der Waals surface area contributed by atoms with Gasteiger partial charge in [-0.05, 0) is 43.5 Å². The van der Waals surface area contributed by atoms with Gasteiger partial charge in [-0.3, -0.25) is 4.79 Å². The highest BCUT2D eigenvalue weighted by Crippen LogP contribution is 2.17. The maximum Gasteiger partial charge on any atom is 0.162 e. The lowest BCUT2D eigenvalue weighted by molar-refractivity contribution is -0.305. The number of carboxylic acids is 1. The smallest absolute Gasteiger partial charge is 0.162 e. The molecule has 0 atom stereocenters. The maximum absolute atomic E-state index is 11.6. The molecule has 3 nitrogen and oxygen atoms in total. The fourth-order valence-corrected chi connectivity index (χ4v) is 1.47. The van der Waals surface area contributed by atoms with Crippen LogP contribution < -0.4 is 5.11 Å². The molecule has 1 rings (SSSR count). The Bertz CT molecular complexity index is 413. The van der Waals surface area contributed by atoms with Crippen molar-refractivity contribution >= 4 is 23.4 Å². The number of carbonyl (C=O) groups is 2. The number of Topliss-reactive ketones (excluding diaryl/α,β-unsaturated/α-hetero) is 1. The van der Waals surface area contributed by atoms with E-state index in [4.69, 9.17) is 11.6 Å². The lowest BCUT2D eigenvalue weighted by Gasteiger charge is -2.04. The Balaban J connectivity index is 2.59. The van der Waals surface area contributed by atoms with Gasteiger partial charge in [0, 0.05) is 23.0 Å². The molecule has 0 N–H and O–H groups in total. The molecule has 0 unspecified atom stereocenters. The number of benzene rings is 1. The largest absolute Gasteiger partial charge is 0.550 e. The number of rotatable bonds is 5. The van der Waals surface area contributed by atoms with Crippen LogP contribution in [0.25, 0.3) is 0 Å². The van der Waals surface area contributed by atoms with E-state index in [1.54, 1.807) is 18.2 Å². The van der Waals surface area contributed by atoms with Gasteiger partial charge in [-0.15, -0.1) is 0 Å². The SMILES string of the molecule is Cc1cc(C(=O)CCCC(=O)[O-])ccc1Cl. The van der Waals surface area contributed by atoms with Gasteiger partial charge in [-0.25, -0.2) is 0 Å². The van der Waals surface area contributed by atoms with Gasteiger partial charge >= 0.3 is 0 Å². The highest BCUT2D eigenvalue weighted by atomic mass is 35.5. The molecule has 0 aliphatic carbocycles. The highest BCUT2D eigenvalue weighted by molar-refractivity contribution is 6.31. The summed E-state index contributed by atoms with van der Waals surface area (Å²) in [6.07, 6.45) is 0.441. The summed E-state index contributed by atoms with van der Waals surface area (Å²) in [5, 5.41) is 10.8. The van der Waals surface area contributed by atoms with E-state index in [-0.39, 0.29) is 18.6 Å². The summed E-state index contributed by atoms with van der Waals surface area (Å²) in [4.78, 5) is 21.8. The Hall–Kier alpha value is -1.35. The molecule has 1 aromatic rings. The Labute approximate surface area is 99.0 Å². The molecule has 4 heteroatoms. The Morgan fingerprint density at radius 3 is 2.56 bits per heavy atom. The average Bonchev–Trinajstić information content (AvgIpc) is 2.21. The number of carbonyl (C=O) groups excluding carboxylic acids is 2. The van der Waals surface area contributed by atoms with E-state index in [1.165, 1.54) is 0 Å². The van der Waals surface area contributed by atoms with E-state index in [0.717, 1.165) is 5.56 Å². The molecule has 0 aliphatic rings. The monoisotopic (exact) mass is 239 g/mol. The Kier molecular flexibility index (Phi) is 4.50. The first-order valence-electron chi connectivity index (χ1n) is 5.00. The summed E-state index contributed by atoms with van der Waals surface area (Å²) < 4.78 is 0. The molecule has 16 heavy (non-hydrogen) atoms. The van der Waals surface area contributed by atoms with Crippen molar-refractivity contribution in [2.75, 3.05) is 0 Å². The van der Waals surface area contributed by atoms with Gasteiger partial charge in [0.2, 0.25) is 0 Å². The van der Waals surface area contributed by atoms with Crippen molar-refractivity contribution in [3.05, 3.63) is 34.3 Å². The third-order valence-corrected chi connectivity index (χ3v) is 2.69. The lowest BCUT2D eigenvalue weighted by atomic mass is 10.0. The summed E-state index contributed by atoms with van der Waals surface area (Å²) in [5.41, 5.74) is 1.41. The second-order valence-corrected chi connectivity index (χ2v) is 4.02. The van der Waals surface area contributed by atoms with Crippen LogP contribution in [-0.2, 0) is 4.79 Å². The van der Waals surface area contributed by atoms with E-state index >= 15 is 0 Å². The summed E-state index contributed by atoms with van der Waals surface area (Å²) in [7, 11) is 0. The van der Waals surface area contributed by atoms with E-state index in [2.05, 4.69) is 0 Å². The fourth-order valence-electron chi connectivity index (χ4n) is 1.36. The topological polar surface area (TPSA) is 57.2 Å². The summed E-state index contributed by atoms with van der Waals surface area (Å²) >= 11 is 5.83. The molecule has 0 fully saturated rings. The van der Waals surface area contributed by atoms with Crippen molar-refractivity contribution in [2.45, 2.75) is 26.2 Å². The van der Waals surface area contributed by atoms with Crippen LogP contribution in [0.2, 0.25) is 5.02 Å². The molecule has 0 bridgehead atoms. The van der Waals surface area contributed by atoms with E-state index in [9.17, 15) is 14.7 Å². The molecule has 0 saturated heterocycles. The second kappa shape index (κ2) is 5.66. The summed E-state index contributed by atoms with van der Waals surface area (Å²) in [6, 6.07) is 5.03. The van der Waals surface area contributed by atoms with Crippen LogP contribution in [0.15, 0.2) is 18.2 Å². The number of ketones is 1. The summed E-state index contributed by atoms with van der Waals surface area (Å²) in [6.45, 7) is 1.82. The molecule has 0 amide bonds. The first-order chi connectivity index (χ1) is 7.50. The minimum atomic E-state index is -1.12. The minimum Gasteiger partial charge on any atom is -0.550 e. The molecule has 0 radical (unpaired) electrons. The van der Waals surface area contributed by atoms with Crippen LogP contribution >= 0.6 is 11.6 Å². The van der Waals surface area contributed by atoms with Gasteiger partial charge in [-0.1, -0.05) is 11.6 Å². The molecule has 0 aromatic heterocycles. The molecule has 0 heterocycles. The lowest BCUT2D eigenvalue weighted by Crippen LogP contribution is -2.21. The van der Waals surface area contributed by atoms with Crippen LogP contribution in [0.4, 0.5) is 0 Å². The first kappa shape index (κ1) is 12.7. The van der Waals surface area contributed by atoms with Crippen molar-refractivity contribution in [3.8, 4) is 0 Å². The predicted octanol–water partition coefficient (Wildman–Crippen LogP) is 1.75. The third kappa shape index (κ3) is 3.66. The van der Waals surface area contributed by atoms with Crippen LogP contribution in [0.1, 0.15) is 35.2 Å². The van der Waals surface area contributed by atoms with Crippen LogP contribution in [0.3, 0.4) is 0 Å². The van der Waals surface area contributed by atoms with Gasteiger partial charge < -0.3 is 9.90 Å². The quantitative estimate of drug-likeness (QED) is 0.736. The van der Waals surface area contributed by atoms with Gasteiger partial charge in [-0.2, -0.15) is 0 Å². The van der Waals surface area contributed by atoms with Gasteiger partial charge in [0.15, 0.2) is 5.78 Å². The standard InChI is InChI=1S/C12H13ClO3/c1-8-7-9(5-6-10(8)13)11(14)3-2-4-12(15)16/h5-7H,2-4H2,1H3,(H,15,16)/p-1. The molecular formula is C12H12ClO3-. The van der Waals surface area contributed by atoms with Crippen LogP contribution in [-0.4, -0.2) is 11.8 Å². The molecule has 86 valence electrons. The zero-order valence-corrected chi connectivity index (χ0v) is 9.71. The fraction of sp³-hybridized carbons (Fsp3) is 0.333. The third-order valence-electron chi connectivity index (χ3n) is 2.26. The second-order valence-electron chi connectivity index (χ2n) is 3.61. The van der Waals surface area contributed by atoms with E-state index < -0.39 is 5.97 Å². The van der Waals surface area contributed by atoms with Gasteiger partial charge in [0.25, 0.3) is 0 Å². The average molecular weight is 240 g/mol. The van der Waals surface area contributed by atoms with Crippen LogP contribution in [0, 0.1) is 6.92 Å². The van der Waals surface area contributed by atoms with Crippen molar-refractivity contribution in [3.63, 3.8) is 0 Å². The first-order valence-corrected chi connectivity index (χ1v) is 5.37. The number of hydrogen-bond donors (Lipinski definition) is 0. The number of halogens is 1. The van der Waals surface area contributed by atoms with Crippen LogP contribution in [0.5, 0.6) is 0 Å². The Morgan fingerprint density at radius 2 is 2.00 bits per heavy atom. The van der Waals surface area contributed by atoms with E-state index in [1.807, 2.05) is 6.92 Å². The maximum atomic E-state index is 11.6. The number of aryl methyl sites for hydroxylation is 1. The van der Waals surface area contributed by atoms with Gasteiger partial charge in [0.05, 0.1) is 0 Å². The molecular weight excluding hydrogens is 228 g/mol. The molecule has 0 saturated carbocycles. The van der Waals surface area contributed by atoms with Crippen molar-refractivity contribution in [1.29, 1.82) is 0 Å². The summed E-state index contributed by atoms with van der Waals surface area (Å²) in [5.74, 6) is -1.19. The predicted molar refractivity (Wildman–Crippen MR) is 59.4 cm³/mol. The number of carboxylic acid groups (broad SMARTS) is 1. The van der Waals surface area contributed by atoms with Crippen molar-refractivity contribution < 1.29 is 14.7 Å². The Morgan fingerprint density at radius 1 is 1.31 bits per heavy atom. The number of hydrogen-bond acceptors (Lipinski definition) is 3. The zero-order valence-electron chi connectivity index (χ0n) is 8.96. The molecule has 0 aliphatic heterocycles. The van der Waals surface area contributed by atoms with E-state index in [0.29, 0.717) is 17.0 Å². The van der Waals surface area contributed by atoms with Crippen molar-refractivity contribution in [1.82, 2.24) is 0 Å². The highest BCUT2D eigenvalue weighted by Gasteiger charge is 2.06. The van der Waals surface area contributed by atoms with Crippen molar-refractivity contribution in [2.24, 2.45) is 0 Å². The number of aliphatic carboxylic acids is 1. The normalized spacial score (nSPS) is 10.1. The van der Waals surface area contributed by atoms with Gasteiger partial charge in [0.1, 0.15) is 0 Å². The molecule has 0 spiro atoms. The minimum absolute atomic E-state index is 0.0685.